The monoisotopic (exact) mass is 378 g/mol. The van der Waals surface area contributed by atoms with Crippen LogP contribution in [0.5, 0.6) is 5.75 Å². The van der Waals surface area contributed by atoms with E-state index in [1.807, 2.05) is 31.0 Å². The topological polar surface area (TPSA) is 41.6 Å². The summed E-state index contributed by atoms with van der Waals surface area (Å²) in [6.07, 6.45) is 0.667. The summed E-state index contributed by atoms with van der Waals surface area (Å²) in [6, 6.07) is 13.3. The van der Waals surface area contributed by atoms with Crippen molar-refractivity contribution >= 4 is 17.5 Å². The lowest BCUT2D eigenvalue weighted by atomic mass is 10.1. The first kappa shape index (κ1) is 20.2. The number of amides is 1. The molecule has 0 aliphatic carbocycles. The third-order valence-electron chi connectivity index (χ3n) is 4.18. The van der Waals surface area contributed by atoms with Gasteiger partial charge in [-0.2, -0.15) is 0 Å². The Morgan fingerprint density at radius 1 is 1.27 bits per heavy atom. The van der Waals surface area contributed by atoms with Gasteiger partial charge in [-0.15, -0.1) is 0 Å². The second kappa shape index (κ2) is 10.1. The van der Waals surface area contributed by atoms with Crippen molar-refractivity contribution in [2.24, 2.45) is 0 Å². The fraction of sp³-hybridized carbons (Fsp3) is 0.350. The van der Waals surface area contributed by atoms with Gasteiger partial charge >= 0.3 is 0 Å². The number of benzene rings is 2. The predicted molar refractivity (Wildman–Crippen MR) is 102 cm³/mol. The van der Waals surface area contributed by atoms with Gasteiger partial charge in [0.1, 0.15) is 18.2 Å². The Kier molecular flexibility index (Phi) is 7.88. The lowest BCUT2D eigenvalue weighted by molar-refractivity contribution is -0.125. The second-order valence-corrected chi connectivity index (χ2v) is 6.57. The maximum atomic E-state index is 12.9. The third kappa shape index (κ3) is 6.65. The van der Waals surface area contributed by atoms with Gasteiger partial charge in [0.25, 0.3) is 0 Å². The van der Waals surface area contributed by atoms with E-state index in [0.29, 0.717) is 36.9 Å². The molecule has 0 saturated carbocycles. The van der Waals surface area contributed by atoms with E-state index in [1.54, 1.807) is 24.3 Å². The van der Waals surface area contributed by atoms with Crippen LogP contribution in [0.3, 0.4) is 0 Å². The van der Waals surface area contributed by atoms with Crippen molar-refractivity contribution in [1.29, 1.82) is 0 Å². The quantitative estimate of drug-likeness (QED) is 0.725. The van der Waals surface area contributed by atoms with E-state index in [2.05, 4.69) is 5.32 Å². The van der Waals surface area contributed by atoms with Crippen LogP contribution in [0.2, 0.25) is 5.02 Å². The van der Waals surface area contributed by atoms with E-state index < -0.39 is 0 Å². The van der Waals surface area contributed by atoms with Gasteiger partial charge < -0.3 is 10.1 Å². The highest BCUT2D eigenvalue weighted by atomic mass is 35.5. The predicted octanol–water partition coefficient (Wildman–Crippen LogP) is 3.54. The standard InChI is InChI=1S/C20H24ClFN2O2/c1-15(20(25)23-11-10-16-6-8-18(22)9-7-16)24(2)12-13-26-19-5-3-4-17(21)14-19/h3-9,14-15H,10-13H2,1-2H3,(H,23,25). The smallest absolute Gasteiger partial charge is 0.237 e. The molecule has 0 aliphatic rings. The van der Waals surface area contributed by atoms with Crippen molar-refractivity contribution < 1.29 is 13.9 Å². The number of rotatable bonds is 9. The molecular weight excluding hydrogens is 355 g/mol. The number of nitrogens with one attached hydrogen (secondary N) is 1. The van der Waals surface area contributed by atoms with Gasteiger partial charge in [-0.1, -0.05) is 29.8 Å². The van der Waals surface area contributed by atoms with Crippen molar-refractivity contribution in [3.8, 4) is 5.75 Å². The minimum atomic E-state index is -0.272. The van der Waals surface area contributed by atoms with Crippen LogP contribution in [0.15, 0.2) is 48.5 Å². The molecule has 6 heteroatoms. The molecule has 0 fully saturated rings. The number of carbonyl (C=O) groups is 1. The highest BCUT2D eigenvalue weighted by Gasteiger charge is 2.17. The van der Waals surface area contributed by atoms with Gasteiger partial charge in [0.2, 0.25) is 5.91 Å². The summed E-state index contributed by atoms with van der Waals surface area (Å²) < 4.78 is 18.5. The summed E-state index contributed by atoms with van der Waals surface area (Å²) in [4.78, 5) is 14.2. The van der Waals surface area contributed by atoms with Gasteiger partial charge in [-0.25, -0.2) is 4.39 Å². The summed E-state index contributed by atoms with van der Waals surface area (Å²) in [5.41, 5.74) is 0.989. The summed E-state index contributed by atoms with van der Waals surface area (Å²) in [5.74, 6) is 0.410. The fourth-order valence-electron chi connectivity index (χ4n) is 2.39. The largest absolute Gasteiger partial charge is 0.492 e. The SMILES string of the molecule is CC(C(=O)NCCc1ccc(F)cc1)N(C)CCOc1cccc(Cl)c1. The van der Waals surface area contributed by atoms with Gasteiger partial charge in [0.15, 0.2) is 0 Å². The zero-order valence-corrected chi connectivity index (χ0v) is 15.8. The van der Waals surface area contributed by atoms with E-state index in [-0.39, 0.29) is 17.8 Å². The molecule has 0 bridgehead atoms. The lowest BCUT2D eigenvalue weighted by Gasteiger charge is -2.23. The molecule has 0 spiro atoms. The lowest BCUT2D eigenvalue weighted by Crippen LogP contribution is -2.45. The summed E-state index contributed by atoms with van der Waals surface area (Å²) in [7, 11) is 1.88. The molecule has 0 aliphatic heterocycles. The number of likely N-dealkylation sites (N-methyl/N-ethyl adjacent to an activating group) is 1. The van der Waals surface area contributed by atoms with Crippen molar-refractivity contribution in [1.82, 2.24) is 10.2 Å². The molecule has 140 valence electrons. The average molecular weight is 379 g/mol. The van der Waals surface area contributed by atoms with E-state index in [0.717, 1.165) is 5.56 Å². The van der Waals surface area contributed by atoms with Crippen molar-refractivity contribution in [2.45, 2.75) is 19.4 Å². The number of hydrogen-bond acceptors (Lipinski definition) is 3. The summed E-state index contributed by atoms with van der Waals surface area (Å²) in [6.45, 7) is 3.44. The van der Waals surface area contributed by atoms with Crippen LogP contribution < -0.4 is 10.1 Å². The summed E-state index contributed by atoms with van der Waals surface area (Å²) >= 11 is 5.92. The Morgan fingerprint density at radius 3 is 2.69 bits per heavy atom. The first-order chi connectivity index (χ1) is 12.5. The van der Waals surface area contributed by atoms with Gasteiger partial charge in [0, 0.05) is 18.1 Å². The average Bonchev–Trinajstić information content (AvgIpc) is 2.62. The Labute approximate surface area is 158 Å². The third-order valence-corrected chi connectivity index (χ3v) is 4.41. The van der Waals surface area contributed by atoms with Gasteiger partial charge in [-0.05, 0) is 56.3 Å². The van der Waals surface area contributed by atoms with Crippen LogP contribution in [-0.2, 0) is 11.2 Å². The molecular formula is C20H24ClFN2O2. The van der Waals surface area contributed by atoms with Crippen molar-refractivity contribution in [3.05, 3.63) is 64.9 Å². The molecule has 0 saturated heterocycles. The van der Waals surface area contributed by atoms with Crippen LogP contribution >= 0.6 is 11.6 Å². The normalized spacial score (nSPS) is 12.0. The number of halogens is 2. The highest BCUT2D eigenvalue weighted by Crippen LogP contribution is 2.16. The molecule has 1 N–H and O–H groups in total. The van der Waals surface area contributed by atoms with Gasteiger partial charge in [0.05, 0.1) is 6.04 Å². The molecule has 2 rings (SSSR count). The molecule has 0 radical (unpaired) electrons. The Hall–Kier alpha value is -2.11. The van der Waals surface area contributed by atoms with E-state index in [1.165, 1.54) is 12.1 Å². The molecule has 2 aromatic carbocycles. The molecule has 26 heavy (non-hydrogen) atoms. The number of hydrogen-bond donors (Lipinski definition) is 1. The Morgan fingerprint density at radius 2 is 2.00 bits per heavy atom. The number of nitrogens with zero attached hydrogens (tertiary/aromatic N) is 1. The molecule has 0 aromatic heterocycles. The Balaban J connectivity index is 1.68. The molecule has 2 aromatic rings. The Bertz CT molecular complexity index is 709. The van der Waals surface area contributed by atoms with E-state index in [9.17, 15) is 9.18 Å². The zero-order valence-electron chi connectivity index (χ0n) is 15.0. The molecule has 1 amide bonds. The maximum Gasteiger partial charge on any atom is 0.237 e. The van der Waals surface area contributed by atoms with Crippen LogP contribution in [0.4, 0.5) is 4.39 Å². The zero-order chi connectivity index (χ0) is 18.9. The summed E-state index contributed by atoms with van der Waals surface area (Å²) in [5, 5.41) is 3.54. The molecule has 1 atom stereocenters. The molecule has 4 nitrogen and oxygen atoms in total. The first-order valence-electron chi connectivity index (χ1n) is 8.56. The minimum Gasteiger partial charge on any atom is -0.492 e. The number of carbonyl (C=O) groups excluding carboxylic acids is 1. The van der Waals surface area contributed by atoms with E-state index >= 15 is 0 Å². The maximum absolute atomic E-state index is 12.9. The van der Waals surface area contributed by atoms with Crippen LogP contribution in [-0.4, -0.2) is 43.6 Å². The van der Waals surface area contributed by atoms with Crippen molar-refractivity contribution in [2.75, 3.05) is 26.7 Å². The highest BCUT2D eigenvalue weighted by molar-refractivity contribution is 6.30. The first-order valence-corrected chi connectivity index (χ1v) is 8.94. The molecule has 0 heterocycles. The van der Waals surface area contributed by atoms with E-state index in [4.69, 9.17) is 16.3 Å². The number of ether oxygens (including phenoxy) is 1. The van der Waals surface area contributed by atoms with Crippen LogP contribution in [0, 0.1) is 5.82 Å². The van der Waals surface area contributed by atoms with Crippen LogP contribution in [0.25, 0.3) is 0 Å². The fourth-order valence-corrected chi connectivity index (χ4v) is 2.57. The second-order valence-electron chi connectivity index (χ2n) is 6.13. The van der Waals surface area contributed by atoms with Crippen LogP contribution in [0.1, 0.15) is 12.5 Å². The van der Waals surface area contributed by atoms with Crippen molar-refractivity contribution in [3.63, 3.8) is 0 Å². The van der Waals surface area contributed by atoms with Gasteiger partial charge in [-0.3, -0.25) is 9.69 Å². The molecule has 1 unspecified atom stereocenters. The minimum absolute atomic E-state index is 0.0441.